The molecule has 0 saturated carbocycles. The fourth-order valence-corrected chi connectivity index (χ4v) is 6.17. The van der Waals surface area contributed by atoms with Crippen molar-refractivity contribution in [1.29, 1.82) is 0 Å². The van der Waals surface area contributed by atoms with Crippen molar-refractivity contribution in [3.63, 3.8) is 0 Å². The summed E-state index contributed by atoms with van der Waals surface area (Å²) in [6.45, 7) is 12.3. The van der Waals surface area contributed by atoms with E-state index in [4.69, 9.17) is 4.43 Å². The lowest BCUT2D eigenvalue weighted by Gasteiger charge is -2.27. The Morgan fingerprint density at radius 2 is 1.17 bits per heavy atom. The van der Waals surface area contributed by atoms with Gasteiger partial charge in [0.25, 0.3) is 8.32 Å². The summed E-state index contributed by atoms with van der Waals surface area (Å²) in [5.41, 5.74) is 0.541. The van der Waals surface area contributed by atoms with Crippen molar-refractivity contribution in [1.82, 2.24) is 0 Å². The predicted molar refractivity (Wildman–Crippen MR) is 109 cm³/mol. The van der Waals surface area contributed by atoms with Gasteiger partial charge in [0.05, 0.1) is 0 Å². The number of hydrogen-bond acceptors (Lipinski definition) is 2. The van der Waals surface area contributed by atoms with Crippen LogP contribution < -0.4 is 0 Å². The zero-order valence-corrected chi connectivity index (χ0v) is 17.9. The van der Waals surface area contributed by atoms with Crippen molar-refractivity contribution in [3.8, 4) is 0 Å². The molecule has 0 aliphatic carbocycles. The molecule has 0 aliphatic heterocycles. The van der Waals surface area contributed by atoms with Crippen LogP contribution in [-0.2, 0) is 9.22 Å². The van der Waals surface area contributed by atoms with Crippen LogP contribution in [0.15, 0.2) is 12.2 Å². The molecular formula is C21H42O2Si. The smallest absolute Gasteiger partial charge is 0.319 e. The molecule has 0 unspecified atom stereocenters. The minimum atomic E-state index is -1.92. The summed E-state index contributed by atoms with van der Waals surface area (Å²) in [6.07, 6.45) is 15.6. The van der Waals surface area contributed by atoms with Crippen LogP contribution in [0.2, 0.25) is 18.6 Å². The van der Waals surface area contributed by atoms with Crippen molar-refractivity contribution in [2.45, 2.75) is 116 Å². The van der Waals surface area contributed by atoms with Crippen LogP contribution in [0.5, 0.6) is 0 Å². The minimum absolute atomic E-state index is 0.166. The Hall–Kier alpha value is -0.573. The quantitative estimate of drug-likeness (QED) is 0.164. The normalized spacial score (nSPS) is 11.5. The van der Waals surface area contributed by atoms with E-state index >= 15 is 0 Å². The first-order valence-corrected chi connectivity index (χ1v) is 13.2. The molecule has 142 valence electrons. The molecule has 0 saturated heterocycles. The maximum atomic E-state index is 12.0. The number of carbonyl (C=O) groups excluding carboxylic acids is 1. The van der Waals surface area contributed by atoms with Gasteiger partial charge in [0.2, 0.25) is 0 Å². The molecule has 0 fully saturated rings. The molecule has 3 heteroatoms. The molecule has 0 aromatic heterocycles. The summed E-state index contributed by atoms with van der Waals surface area (Å²) >= 11 is 0. The molecule has 0 aromatic rings. The average molecular weight is 355 g/mol. The van der Waals surface area contributed by atoms with Gasteiger partial charge in [-0.2, -0.15) is 0 Å². The van der Waals surface area contributed by atoms with E-state index in [-0.39, 0.29) is 5.97 Å². The van der Waals surface area contributed by atoms with Gasteiger partial charge in [-0.15, -0.1) is 0 Å². The van der Waals surface area contributed by atoms with Crippen LogP contribution in [-0.4, -0.2) is 14.3 Å². The highest BCUT2D eigenvalue weighted by molar-refractivity contribution is 6.74. The lowest BCUT2D eigenvalue weighted by Crippen LogP contribution is -2.37. The maximum Gasteiger partial charge on any atom is 0.319 e. The van der Waals surface area contributed by atoms with Crippen LogP contribution in [0.25, 0.3) is 0 Å². The van der Waals surface area contributed by atoms with Crippen LogP contribution in [0.3, 0.4) is 0 Å². The molecule has 0 radical (unpaired) electrons. The number of unbranched alkanes of at least 4 members (excludes halogenated alkanes) is 10. The Bertz CT molecular complexity index is 323. The van der Waals surface area contributed by atoms with E-state index in [1.807, 2.05) is 0 Å². The van der Waals surface area contributed by atoms with E-state index in [9.17, 15) is 4.79 Å². The first-order chi connectivity index (χ1) is 11.4. The Balaban J connectivity index is 4.22. The van der Waals surface area contributed by atoms with E-state index in [0.717, 1.165) is 12.1 Å². The van der Waals surface area contributed by atoms with Crippen molar-refractivity contribution >= 4 is 14.3 Å². The molecule has 0 spiro atoms. The standard InChI is InChI=1S/C21H42O2Si/c1-6-8-10-12-14-16-18-24(5,23-21(22)20(3)4)19-17-15-13-11-9-7-2/h3,6-19H2,1-2,4-5H3. The molecule has 2 nitrogen and oxygen atoms in total. The van der Waals surface area contributed by atoms with Crippen molar-refractivity contribution in [2.24, 2.45) is 0 Å². The summed E-state index contributed by atoms with van der Waals surface area (Å²) < 4.78 is 5.96. The van der Waals surface area contributed by atoms with Gasteiger partial charge >= 0.3 is 5.97 Å². The highest BCUT2D eigenvalue weighted by Gasteiger charge is 2.32. The van der Waals surface area contributed by atoms with E-state index in [1.54, 1.807) is 6.92 Å². The molecular weight excluding hydrogens is 312 g/mol. The molecule has 0 aliphatic rings. The Labute approximate surface area is 152 Å². The zero-order chi connectivity index (χ0) is 18.3. The SMILES string of the molecule is C=C(C)C(=O)O[Si](C)(CCCCCCCC)CCCCCCCC. The van der Waals surface area contributed by atoms with Crippen molar-refractivity contribution < 1.29 is 9.22 Å². The van der Waals surface area contributed by atoms with E-state index in [1.165, 1.54) is 77.0 Å². The minimum Gasteiger partial charge on any atom is -0.516 e. The lowest BCUT2D eigenvalue weighted by atomic mass is 10.1. The van der Waals surface area contributed by atoms with Crippen molar-refractivity contribution in [2.75, 3.05) is 0 Å². The van der Waals surface area contributed by atoms with Crippen LogP contribution in [0.4, 0.5) is 0 Å². The molecule has 0 aromatic carbocycles. The van der Waals surface area contributed by atoms with Crippen LogP contribution in [0, 0.1) is 0 Å². The van der Waals surface area contributed by atoms with Crippen LogP contribution in [0.1, 0.15) is 97.8 Å². The number of carbonyl (C=O) groups is 1. The molecule has 0 bridgehead atoms. The third-order valence-electron chi connectivity index (χ3n) is 4.81. The van der Waals surface area contributed by atoms with Gasteiger partial charge in [-0.05, 0) is 25.6 Å². The first kappa shape index (κ1) is 23.4. The van der Waals surface area contributed by atoms with Gasteiger partial charge in [0.1, 0.15) is 0 Å². The van der Waals surface area contributed by atoms with Crippen LogP contribution >= 0.6 is 0 Å². The van der Waals surface area contributed by atoms with Crippen molar-refractivity contribution in [3.05, 3.63) is 12.2 Å². The van der Waals surface area contributed by atoms with Gasteiger partial charge in [0, 0.05) is 5.57 Å². The van der Waals surface area contributed by atoms with Gasteiger partial charge in [-0.1, -0.05) is 97.5 Å². The van der Waals surface area contributed by atoms with E-state index in [0.29, 0.717) is 5.57 Å². The van der Waals surface area contributed by atoms with E-state index in [2.05, 4.69) is 27.0 Å². The van der Waals surface area contributed by atoms with Gasteiger partial charge < -0.3 is 4.43 Å². The second-order valence-electron chi connectivity index (χ2n) is 7.66. The average Bonchev–Trinajstić information content (AvgIpc) is 2.54. The molecule has 24 heavy (non-hydrogen) atoms. The molecule has 0 rings (SSSR count). The second kappa shape index (κ2) is 14.7. The molecule has 0 heterocycles. The van der Waals surface area contributed by atoms with E-state index < -0.39 is 8.32 Å². The molecule has 0 atom stereocenters. The fraction of sp³-hybridized carbons (Fsp3) is 0.857. The highest BCUT2D eigenvalue weighted by atomic mass is 28.4. The zero-order valence-electron chi connectivity index (χ0n) is 16.9. The summed E-state index contributed by atoms with van der Waals surface area (Å²) in [6, 6.07) is 2.24. The van der Waals surface area contributed by atoms with Gasteiger partial charge in [-0.3, -0.25) is 0 Å². The monoisotopic (exact) mass is 354 g/mol. The third kappa shape index (κ3) is 12.8. The molecule has 0 amide bonds. The highest BCUT2D eigenvalue weighted by Crippen LogP contribution is 2.26. The third-order valence-corrected chi connectivity index (χ3v) is 8.31. The fourth-order valence-electron chi connectivity index (χ4n) is 3.10. The largest absolute Gasteiger partial charge is 0.516 e. The summed E-state index contributed by atoms with van der Waals surface area (Å²) in [7, 11) is -1.92. The van der Waals surface area contributed by atoms with Gasteiger partial charge in [-0.25, -0.2) is 4.79 Å². The predicted octanol–water partition coefficient (Wildman–Crippen LogP) is 7.40. The topological polar surface area (TPSA) is 26.3 Å². The summed E-state index contributed by atoms with van der Waals surface area (Å²) in [4.78, 5) is 12.0. The Kier molecular flexibility index (Phi) is 14.4. The summed E-state index contributed by atoms with van der Waals surface area (Å²) in [5, 5.41) is 0. The lowest BCUT2D eigenvalue weighted by molar-refractivity contribution is -0.130. The number of rotatable bonds is 16. The first-order valence-electron chi connectivity index (χ1n) is 10.3. The Morgan fingerprint density at radius 3 is 1.54 bits per heavy atom. The number of hydrogen-bond donors (Lipinski definition) is 0. The summed E-state index contributed by atoms with van der Waals surface area (Å²) in [5.74, 6) is -0.166. The Morgan fingerprint density at radius 1 is 0.792 bits per heavy atom. The molecule has 0 N–H and O–H groups in total. The van der Waals surface area contributed by atoms with Gasteiger partial charge in [0.15, 0.2) is 0 Å². The second-order valence-corrected chi connectivity index (χ2v) is 11.8. The maximum absolute atomic E-state index is 12.0.